The minimum atomic E-state index is -3.06. The van der Waals surface area contributed by atoms with Crippen LogP contribution in [-0.4, -0.2) is 112 Å². The van der Waals surface area contributed by atoms with Crippen molar-refractivity contribution < 1.29 is 67.3 Å². The Morgan fingerprint density at radius 1 is 0.922 bits per heavy atom. The molecule has 3 N–H and O–H groups in total. The van der Waals surface area contributed by atoms with Gasteiger partial charge in [0.1, 0.15) is 17.8 Å². The van der Waals surface area contributed by atoms with E-state index in [0.29, 0.717) is 18.1 Å². The molecule has 4 heterocycles. The lowest BCUT2D eigenvalue weighted by Gasteiger charge is -2.71. The molecule has 0 aromatic heterocycles. The number of hydrogen-bond donors (Lipinski definition) is 3. The highest BCUT2D eigenvalue weighted by molar-refractivity contribution is 6.73. The van der Waals surface area contributed by atoms with Crippen molar-refractivity contribution >= 4 is 32.2 Å². The number of fused-ring (bicyclic) bond motifs is 5. The Morgan fingerprint density at radius 3 is 2.04 bits per heavy atom. The van der Waals surface area contributed by atoms with E-state index < -0.39 is 102 Å². The predicted octanol–water partition coefficient (Wildman–Crippen LogP) is 2.55. The zero-order valence-corrected chi connectivity index (χ0v) is 31.6. The van der Waals surface area contributed by atoms with Gasteiger partial charge in [-0.3, -0.25) is 9.59 Å². The van der Waals surface area contributed by atoms with Gasteiger partial charge in [0.25, 0.3) is 0 Å². The van der Waals surface area contributed by atoms with E-state index in [1.54, 1.807) is 25.1 Å². The van der Waals surface area contributed by atoms with Crippen LogP contribution in [0.15, 0.2) is 30.3 Å². The summed E-state index contributed by atoms with van der Waals surface area (Å²) < 4.78 is 44.4. The maximum atomic E-state index is 14.3. The Balaban J connectivity index is 1.74. The highest BCUT2D eigenvalue weighted by atomic mass is 28.4. The van der Waals surface area contributed by atoms with Crippen LogP contribution < -0.4 is 0 Å². The molecular formula is C36H50O14Si. The van der Waals surface area contributed by atoms with Crippen molar-refractivity contribution in [3.63, 3.8) is 0 Å². The molecule has 5 aliphatic rings. The lowest BCUT2D eigenvalue weighted by Crippen LogP contribution is -2.89. The van der Waals surface area contributed by atoms with Crippen LogP contribution >= 0.6 is 0 Å². The molecule has 1 saturated carbocycles. The van der Waals surface area contributed by atoms with E-state index >= 15 is 0 Å². The molecule has 14 nitrogen and oxygen atoms in total. The van der Waals surface area contributed by atoms with E-state index in [0.717, 1.165) is 13.8 Å². The molecule has 4 saturated heterocycles. The van der Waals surface area contributed by atoms with Crippen molar-refractivity contribution in [3.8, 4) is 0 Å². The second kappa shape index (κ2) is 11.8. The lowest BCUT2D eigenvalue weighted by atomic mass is 9.48. The van der Waals surface area contributed by atoms with Gasteiger partial charge >= 0.3 is 23.9 Å². The van der Waals surface area contributed by atoms with Crippen molar-refractivity contribution in [2.24, 2.45) is 11.3 Å². The molecule has 2 bridgehead atoms. The summed E-state index contributed by atoms with van der Waals surface area (Å²) >= 11 is 0. The van der Waals surface area contributed by atoms with Gasteiger partial charge in [-0.15, -0.1) is 0 Å². The minimum Gasteiger partial charge on any atom is -0.455 e. The first-order valence-corrected chi connectivity index (χ1v) is 20.2. The van der Waals surface area contributed by atoms with Crippen LogP contribution in [0.1, 0.15) is 79.1 Å². The fourth-order valence-corrected chi connectivity index (χ4v) is 13.0. The van der Waals surface area contributed by atoms with Gasteiger partial charge in [0.05, 0.1) is 29.6 Å². The highest BCUT2D eigenvalue weighted by Crippen LogP contribution is 2.75. The summed E-state index contributed by atoms with van der Waals surface area (Å²) in [5, 5.41) is 38.9. The number of benzene rings is 1. The molecule has 4 aliphatic heterocycles. The molecular weight excluding hydrogens is 684 g/mol. The van der Waals surface area contributed by atoms with Crippen LogP contribution in [0, 0.1) is 11.3 Å². The zero-order valence-electron chi connectivity index (χ0n) is 30.6. The van der Waals surface area contributed by atoms with Gasteiger partial charge in [-0.2, -0.15) is 0 Å². The number of carbonyl (C=O) groups is 4. The summed E-state index contributed by atoms with van der Waals surface area (Å²) in [6, 6.07) is 10.0. The summed E-state index contributed by atoms with van der Waals surface area (Å²) in [7, 11) is -2.60. The summed E-state index contributed by atoms with van der Waals surface area (Å²) in [5.41, 5.74) is -14.0. The van der Waals surface area contributed by atoms with Gasteiger partial charge in [0.2, 0.25) is 5.79 Å². The molecule has 0 radical (unpaired) electrons. The summed E-state index contributed by atoms with van der Waals surface area (Å²) in [6.45, 7) is 13.4. The predicted molar refractivity (Wildman–Crippen MR) is 178 cm³/mol. The van der Waals surface area contributed by atoms with Crippen molar-refractivity contribution in [3.05, 3.63) is 35.9 Å². The number of ether oxygens (including phenoxy) is 6. The topological polar surface area (TPSA) is 194 Å². The highest BCUT2D eigenvalue weighted by Gasteiger charge is 2.98. The molecule has 282 valence electrons. The molecule has 51 heavy (non-hydrogen) atoms. The number of carbonyl (C=O) groups excluding carboxylic acids is 4. The smallest absolute Gasteiger partial charge is 0.341 e. The molecule has 6 rings (SSSR count). The van der Waals surface area contributed by atoms with Gasteiger partial charge in [0.15, 0.2) is 36.8 Å². The summed E-state index contributed by atoms with van der Waals surface area (Å²) in [6.07, 6.45) is -5.76. The van der Waals surface area contributed by atoms with E-state index in [4.69, 9.17) is 32.8 Å². The molecule has 0 amide bonds. The summed E-state index contributed by atoms with van der Waals surface area (Å²) in [5.74, 6) is -8.01. The lowest BCUT2D eigenvalue weighted by molar-refractivity contribution is -0.454. The number of cyclic esters (lactones) is 1. The first kappa shape index (κ1) is 37.8. The van der Waals surface area contributed by atoms with Crippen molar-refractivity contribution in [2.45, 2.75) is 145 Å². The SMILES string of the molecule is CC[Si](CC)(CC)O[C@H]1C[C@H]2OC[C@@]2(OC(C)=O)[C@H]2[C@H](OC(=O)c3ccccc3)[C@]34O[C@@](O)([C@H](OC(C)=O)[C@@]3(O)[C@](C)(O)C(=O)OC4(C)C)[C@]12C. The molecule has 1 aliphatic carbocycles. The first-order chi connectivity index (χ1) is 23.6. The Kier molecular flexibility index (Phi) is 8.74. The van der Waals surface area contributed by atoms with Crippen molar-refractivity contribution in [2.75, 3.05) is 6.61 Å². The normalized spacial score (nSPS) is 43.4. The zero-order chi connectivity index (χ0) is 37.8. The van der Waals surface area contributed by atoms with Gasteiger partial charge < -0.3 is 48.2 Å². The minimum absolute atomic E-state index is 0.0630. The Bertz CT molecular complexity index is 1600. The maximum absolute atomic E-state index is 14.3. The van der Waals surface area contributed by atoms with Crippen LogP contribution in [0.3, 0.4) is 0 Å². The fourth-order valence-electron chi connectivity index (χ4n) is 10.1. The summed E-state index contributed by atoms with van der Waals surface area (Å²) in [4.78, 5) is 54.0. The number of rotatable bonds is 9. The van der Waals surface area contributed by atoms with Crippen LogP contribution in [0.5, 0.6) is 0 Å². The van der Waals surface area contributed by atoms with Gasteiger partial charge in [0, 0.05) is 20.3 Å². The van der Waals surface area contributed by atoms with Crippen LogP contribution in [0.4, 0.5) is 0 Å². The number of esters is 4. The van der Waals surface area contributed by atoms with Gasteiger partial charge in [-0.05, 0) is 51.0 Å². The van der Waals surface area contributed by atoms with E-state index in [2.05, 4.69) is 0 Å². The molecule has 15 heteroatoms. The molecule has 11 atom stereocenters. The maximum Gasteiger partial charge on any atom is 0.341 e. The van der Waals surface area contributed by atoms with E-state index in [1.807, 2.05) is 20.8 Å². The first-order valence-electron chi connectivity index (χ1n) is 17.7. The Morgan fingerprint density at radius 2 is 1.53 bits per heavy atom. The molecule has 1 spiro atoms. The second-order valence-electron chi connectivity index (χ2n) is 15.6. The van der Waals surface area contributed by atoms with Crippen molar-refractivity contribution in [1.82, 2.24) is 0 Å². The average molecular weight is 735 g/mol. The van der Waals surface area contributed by atoms with Crippen LogP contribution in [0.25, 0.3) is 0 Å². The monoisotopic (exact) mass is 734 g/mol. The fraction of sp³-hybridized carbons (Fsp3) is 0.722. The second-order valence-corrected chi connectivity index (χ2v) is 20.4. The molecule has 0 unspecified atom stereocenters. The van der Waals surface area contributed by atoms with Gasteiger partial charge in [-0.1, -0.05) is 45.9 Å². The van der Waals surface area contributed by atoms with Crippen LogP contribution in [-0.2, 0) is 47.2 Å². The molecule has 5 fully saturated rings. The van der Waals surface area contributed by atoms with E-state index in [-0.39, 0.29) is 18.6 Å². The third-order valence-electron chi connectivity index (χ3n) is 13.0. The average Bonchev–Trinajstić information content (AvgIpc) is 3.26. The third kappa shape index (κ3) is 4.54. The quantitative estimate of drug-likeness (QED) is 0.190. The van der Waals surface area contributed by atoms with E-state index in [9.17, 15) is 34.5 Å². The number of aliphatic hydroxyl groups is 3. The van der Waals surface area contributed by atoms with Crippen LogP contribution in [0.2, 0.25) is 18.1 Å². The van der Waals surface area contributed by atoms with E-state index in [1.165, 1.54) is 32.9 Å². The largest absolute Gasteiger partial charge is 0.455 e. The molecule has 1 aromatic rings. The number of hydrogen-bond acceptors (Lipinski definition) is 14. The Labute approximate surface area is 298 Å². The van der Waals surface area contributed by atoms with Gasteiger partial charge in [-0.25, -0.2) is 9.59 Å². The third-order valence-corrected chi connectivity index (χ3v) is 17.6. The standard InChI is InChI=1S/C36H50O14Si/c1-10-51(11-2,12-3)49-23-18-24-33(19-44-24,47-21(5)38)25-26(46-27(39)22-16-14-13-15-17-22)35-30(6,7)48-29(40)32(9,41)34(35,42)28(45-20(4)37)36(43,50-35)31(23,25)8/h13-17,23-26,28,41-43H,10-12,18-19H2,1-9H3/t23-,24+,25-,26-,28+,31+,32+,33-,34+,35+,36-/m0/s1. The molecule has 1 aromatic carbocycles. The Hall–Kier alpha value is -2.92. The van der Waals surface area contributed by atoms with Crippen molar-refractivity contribution in [1.29, 1.82) is 0 Å².